The van der Waals surface area contributed by atoms with Crippen LogP contribution in [-0.4, -0.2) is 15.8 Å². The number of hydrogen-bond donors (Lipinski definition) is 0. The summed E-state index contributed by atoms with van der Waals surface area (Å²) in [5.41, 5.74) is 0.0282. The molecule has 0 bridgehead atoms. The minimum Gasteiger partial charge on any atom is -0.306 e. The van der Waals surface area contributed by atoms with Gasteiger partial charge in [0.2, 0.25) is 0 Å². The van der Waals surface area contributed by atoms with E-state index in [1.165, 1.54) is 29.2 Å². The predicted molar refractivity (Wildman–Crippen MR) is 54.0 cm³/mol. The standard InChI is InChI=1S/C11H7F3N2O/c12-11(13,14)8-1-3-10(4-2-8)16-5-9(6-17)15-7-16/h1-7H. The van der Waals surface area contributed by atoms with Crippen molar-refractivity contribution in [3.05, 3.63) is 48.0 Å². The highest BCUT2D eigenvalue weighted by Crippen LogP contribution is 2.29. The first-order chi connectivity index (χ1) is 8.00. The molecule has 6 heteroatoms. The number of imidazole rings is 1. The van der Waals surface area contributed by atoms with Crippen LogP contribution in [0.3, 0.4) is 0 Å². The van der Waals surface area contributed by atoms with Crippen molar-refractivity contribution in [2.75, 3.05) is 0 Å². The van der Waals surface area contributed by atoms with Crippen LogP contribution < -0.4 is 0 Å². The molecule has 0 aliphatic carbocycles. The molecule has 0 unspecified atom stereocenters. The first kappa shape index (κ1) is 11.4. The molecule has 0 fully saturated rings. The molecule has 0 amide bonds. The SMILES string of the molecule is O=Cc1cn(-c2ccc(C(F)(F)F)cc2)cn1. The zero-order valence-electron chi connectivity index (χ0n) is 8.48. The number of aromatic nitrogens is 2. The van der Waals surface area contributed by atoms with Gasteiger partial charge in [-0.25, -0.2) is 4.98 Å². The lowest BCUT2D eigenvalue weighted by molar-refractivity contribution is -0.137. The minimum atomic E-state index is -4.35. The van der Waals surface area contributed by atoms with Crippen molar-refractivity contribution in [1.29, 1.82) is 0 Å². The van der Waals surface area contributed by atoms with E-state index in [9.17, 15) is 18.0 Å². The van der Waals surface area contributed by atoms with E-state index >= 15 is 0 Å². The van der Waals surface area contributed by atoms with E-state index in [0.29, 0.717) is 12.0 Å². The zero-order valence-corrected chi connectivity index (χ0v) is 8.48. The Labute approximate surface area is 94.5 Å². The van der Waals surface area contributed by atoms with Crippen LogP contribution in [0.1, 0.15) is 16.1 Å². The molecular formula is C11H7F3N2O. The first-order valence-electron chi connectivity index (χ1n) is 4.67. The highest BCUT2D eigenvalue weighted by molar-refractivity contribution is 5.71. The summed E-state index contributed by atoms with van der Waals surface area (Å²) in [5, 5.41) is 0. The Morgan fingerprint density at radius 3 is 2.29 bits per heavy atom. The average Bonchev–Trinajstić information content (AvgIpc) is 2.76. The van der Waals surface area contributed by atoms with Crippen molar-refractivity contribution >= 4 is 6.29 Å². The van der Waals surface area contributed by atoms with Gasteiger partial charge in [-0.3, -0.25) is 4.79 Å². The van der Waals surface area contributed by atoms with Gasteiger partial charge < -0.3 is 4.57 Å². The smallest absolute Gasteiger partial charge is 0.306 e. The maximum absolute atomic E-state index is 12.3. The highest BCUT2D eigenvalue weighted by Gasteiger charge is 2.29. The summed E-state index contributed by atoms with van der Waals surface area (Å²) in [6.45, 7) is 0. The van der Waals surface area contributed by atoms with E-state index in [4.69, 9.17) is 0 Å². The number of aldehydes is 1. The molecule has 0 aliphatic rings. The monoisotopic (exact) mass is 240 g/mol. The summed E-state index contributed by atoms with van der Waals surface area (Å²) in [4.78, 5) is 14.2. The van der Waals surface area contributed by atoms with Crippen LogP contribution in [0, 0.1) is 0 Å². The van der Waals surface area contributed by atoms with Gasteiger partial charge in [-0.1, -0.05) is 0 Å². The molecule has 0 N–H and O–H groups in total. The summed E-state index contributed by atoms with van der Waals surface area (Å²) in [6.07, 6.45) is -0.968. The molecule has 1 heterocycles. The van der Waals surface area contributed by atoms with E-state index < -0.39 is 11.7 Å². The molecule has 2 aromatic rings. The fraction of sp³-hybridized carbons (Fsp3) is 0.0909. The average molecular weight is 240 g/mol. The van der Waals surface area contributed by atoms with E-state index in [1.807, 2.05) is 0 Å². The summed E-state index contributed by atoms with van der Waals surface area (Å²) < 4.78 is 38.4. The van der Waals surface area contributed by atoms with Crippen molar-refractivity contribution < 1.29 is 18.0 Å². The maximum Gasteiger partial charge on any atom is 0.416 e. The molecule has 0 atom stereocenters. The Kier molecular flexibility index (Phi) is 2.71. The minimum absolute atomic E-state index is 0.227. The zero-order chi connectivity index (χ0) is 12.5. The lowest BCUT2D eigenvalue weighted by Crippen LogP contribution is -2.04. The number of carbonyl (C=O) groups is 1. The Morgan fingerprint density at radius 2 is 1.82 bits per heavy atom. The van der Waals surface area contributed by atoms with Gasteiger partial charge in [0, 0.05) is 11.9 Å². The molecule has 3 nitrogen and oxygen atoms in total. The van der Waals surface area contributed by atoms with Gasteiger partial charge in [0.15, 0.2) is 6.29 Å². The topological polar surface area (TPSA) is 34.9 Å². The van der Waals surface area contributed by atoms with E-state index in [2.05, 4.69) is 4.98 Å². The van der Waals surface area contributed by atoms with Gasteiger partial charge in [-0.2, -0.15) is 13.2 Å². The van der Waals surface area contributed by atoms with Crippen molar-refractivity contribution in [1.82, 2.24) is 9.55 Å². The summed E-state index contributed by atoms with van der Waals surface area (Å²) in [6, 6.07) is 4.60. The molecule has 0 spiro atoms. The van der Waals surface area contributed by atoms with Crippen molar-refractivity contribution in [3.63, 3.8) is 0 Å². The van der Waals surface area contributed by atoms with Gasteiger partial charge in [-0.05, 0) is 24.3 Å². The predicted octanol–water partition coefficient (Wildman–Crippen LogP) is 2.70. The lowest BCUT2D eigenvalue weighted by atomic mass is 10.2. The number of hydrogen-bond acceptors (Lipinski definition) is 2. The van der Waals surface area contributed by atoms with E-state index in [0.717, 1.165) is 12.1 Å². The Bertz CT molecular complexity index is 528. The number of nitrogens with zero attached hydrogens (tertiary/aromatic N) is 2. The quantitative estimate of drug-likeness (QED) is 0.756. The van der Waals surface area contributed by atoms with Crippen molar-refractivity contribution in [3.8, 4) is 5.69 Å². The normalized spacial score (nSPS) is 11.5. The summed E-state index contributed by atoms with van der Waals surface area (Å²) >= 11 is 0. The van der Waals surface area contributed by atoms with Gasteiger partial charge >= 0.3 is 6.18 Å². The van der Waals surface area contributed by atoms with Crippen LogP contribution in [-0.2, 0) is 6.18 Å². The van der Waals surface area contributed by atoms with Crippen LogP contribution in [0.5, 0.6) is 0 Å². The van der Waals surface area contributed by atoms with Crippen LogP contribution in [0.15, 0.2) is 36.8 Å². The molecule has 1 aromatic carbocycles. The third-order valence-corrected chi connectivity index (χ3v) is 2.22. The summed E-state index contributed by atoms with van der Waals surface area (Å²) in [7, 11) is 0. The van der Waals surface area contributed by atoms with Crippen LogP contribution in [0.25, 0.3) is 5.69 Å². The third kappa shape index (κ3) is 2.35. The van der Waals surface area contributed by atoms with Crippen LogP contribution in [0.2, 0.25) is 0 Å². The van der Waals surface area contributed by atoms with Gasteiger partial charge in [0.1, 0.15) is 12.0 Å². The second-order valence-electron chi connectivity index (χ2n) is 3.37. The molecule has 17 heavy (non-hydrogen) atoms. The fourth-order valence-electron chi connectivity index (χ4n) is 1.36. The second-order valence-corrected chi connectivity index (χ2v) is 3.37. The Hall–Kier alpha value is -2.11. The molecule has 2 rings (SSSR count). The number of carbonyl (C=O) groups excluding carboxylic acids is 1. The van der Waals surface area contributed by atoms with Crippen LogP contribution >= 0.6 is 0 Å². The van der Waals surface area contributed by atoms with E-state index in [-0.39, 0.29) is 5.69 Å². The highest BCUT2D eigenvalue weighted by atomic mass is 19.4. The molecule has 0 radical (unpaired) electrons. The van der Waals surface area contributed by atoms with Crippen molar-refractivity contribution in [2.45, 2.75) is 6.18 Å². The molecule has 1 aromatic heterocycles. The number of rotatable bonds is 2. The molecule has 0 saturated heterocycles. The second kappa shape index (κ2) is 4.04. The van der Waals surface area contributed by atoms with Crippen molar-refractivity contribution in [2.24, 2.45) is 0 Å². The number of halogens is 3. The third-order valence-electron chi connectivity index (χ3n) is 2.22. The Morgan fingerprint density at radius 1 is 1.18 bits per heavy atom. The van der Waals surface area contributed by atoms with Gasteiger partial charge in [-0.15, -0.1) is 0 Å². The Balaban J connectivity index is 2.32. The largest absolute Gasteiger partial charge is 0.416 e. The molecule has 88 valence electrons. The van der Waals surface area contributed by atoms with Gasteiger partial charge in [0.25, 0.3) is 0 Å². The lowest BCUT2D eigenvalue weighted by Gasteiger charge is -2.07. The first-order valence-corrected chi connectivity index (χ1v) is 4.67. The summed E-state index contributed by atoms with van der Waals surface area (Å²) in [5.74, 6) is 0. The molecular weight excluding hydrogens is 233 g/mol. The fourth-order valence-corrected chi connectivity index (χ4v) is 1.36. The molecule has 0 saturated carbocycles. The maximum atomic E-state index is 12.3. The van der Waals surface area contributed by atoms with Gasteiger partial charge in [0.05, 0.1) is 5.56 Å². The van der Waals surface area contributed by atoms with Crippen LogP contribution in [0.4, 0.5) is 13.2 Å². The molecule has 0 aliphatic heterocycles. The number of benzene rings is 1. The van der Waals surface area contributed by atoms with E-state index in [1.54, 1.807) is 0 Å². The number of alkyl halides is 3.